The second-order valence-corrected chi connectivity index (χ2v) is 7.65. The monoisotopic (exact) mass is 386 g/mol. The van der Waals surface area contributed by atoms with E-state index in [0.717, 1.165) is 24.1 Å². The maximum absolute atomic E-state index is 12.6. The first-order chi connectivity index (χ1) is 14.2. The zero-order valence-electron chi connectivity index (χ0n) is 16.7. The van der Waals surface area contributed by atoms with Gasteiger partial charge < -0.3 is 10.6 Å². The molecular weight excluding hydrogens is 360 g/mol. The van der Waals surface area contributed by atoms with Crippen molar-refractivity contribution in [1.29, 1.82) is 0 Å². The lowest BCUT2D eigenvalue weighted by Crippen LogP contribution is -2.36. The Labute approximate surface area is 171 Å². The number of rotatable bonds is 5. The number of nitrogens with one attached hydrogen (secondary N) is 2. The van der Waals surface area contributed by atoms with Gasteiger partial charge in [-0.3, -0.25) is 4.79 Å². The van der Waals surface area contributed by atoms with E-state index in [0.29, 0.717) is 23.2 Å². The van der Waals surface area contributed by atoms with Crippen molar-refractivity contribution in [2.24, 2.45) is 0 Å². The predicted molar refractivity (Wildman–Crippen MR) is 116 cm³/mol. The molecule has 2 N–H and O–H groups in total. The van der Waals surface area contributed by atoms with Crippen LogP contribution in [0.25, 0.3) is 11.4 Å². The van der Waals surface area contributed by atoms with Crippen molar-refractivity contribution in [3.05, 3.63) is 71.9 Å². The van der Waals surface area contributed by atoms with Gasteiger partial charge in [0.1, 0.15) is 5.82 Å². The Morgan fingerprint density at radius 2 is 1.83 bits per heavy atom. The number of carbonyl (C=O) groups excluding carboxylic acids is 1. The molecule has 0 unspecified atom stereocenters. The molecule has 5 nitrogen and oxygen atoms in total. The van der Waals surface area contributed by atoms with Crippen molar-refractivity contribution in [3.63, 3.8) is 0 Å². The van der Waals surface area contributed by atoms with Crippen LogP contribution in [0.3, 0.4) is 0 Å². The molecule has 3 aromatic rings. The first-order valence-electron chi connectivity index (χ1n) is 10.3. The maximum atomic E-state index is 12.6. The van der Waals surface area contributed by atoms with Crippen LogP contribution in [0.4, 0.5) is 11.5 Å². The summed E-state index contributed by atoms with van der Waals surface area (Å²) in [6, 6.07) is 17.8. The van der Waals surface area contributed by atoms with E-state index in [1.165, 1.54) is 24.8 Å². The summed E-state index contributed by atoms with van der Waals surface area (Å²) < 4.78 is 0. The average Bonchev–Trinajstić information content (AvgIpc) is 2.75. The molecule has 1 aliphatic carbocycles. The van der Waals surface area contributed by atoms with Crippen molar-refractivity contribution in [2.75, 3.05) is 5.32 Å². The van der Waals surface area contributed by atoms with Gasteiger partial charge in [-0.05, 0) is 50.1 Å². The molecule has 4 rings (SSSR count). The van der Waals surface area contributed by atoms with Crippen LogP contribution in [-0.4, -0.2) is 21.9 Å². The summed E-state index contributed by atoms with van der Waals surface area (Å²) in [7, 11) is 0. The highest BCUT2D eigenvalue weighted by Crippen LogP contribution is 2.21. The smallest absolute Gasteiger partial charge is 0.251 e. The maximum Gasteiger partial charge on any atom is 0.251 e. The number of aromatic nitrogens is 2. The van der Waals surface area contributed by atoms with Crippen LogP contribution in [-0.2, 0) is 0 Å². The van der Waals surface area contributed by atoms with E-state index in [1.54, 1.807) is 6.20 Å². The molecule has 1 fully saturated rings. The van der Waals surface area contributed by atoms with E-state index >= 15 is 0 Å². The standard InChI is InChI=1S/C24H26N4O/c1-17-7-5-8-18(15-17)23-25-14-13-22(28-23)26-21-12-6-9-19(16-21)24(29)27-20-10-3-2-4-11-20/h5-9,12-16,20H,2-4,10-11H2,1H3,(H,27,29)(H,25,26,28). The molecule has 29 heavy (non-hydrogen) atoms. The number of hydrogen-bond acceptors (Lipinski definition) is 4. The van der Waals surface area contributed by atoms with Gasteiger partial charge in [0.05, 0.1) is 0 Å². The van der Waals surface area contributed by atoms with Crippen molar-refractivity contribution in [3.8, 4) is 11.4 Å². The van der Waals surface area contributed by atoms with Crippen LogP contribution in [0, 0.1) is 6.92 Å². The van der Waals surface area contributed by atoms with Gasteiger partial charge in [0, 0.05) is 29.1 Å². The van der Waals surface area contributed by atoms with Gasteiger partial charge in [-0.2, -0.15) is 0 Å². The molecule has 148 valence electrons. The van der Waals surface area contributed by atoms with E-state index < -0.39 is 0 Å². The predicted octanol–water partition coefficient (Wildman–Crippen LogP) is 5.26. The number of hydrogen-bond donors (Lipinski definition) is 2. The molecule has 0 radical (unpaired) electrons. The average molecular weight is 386 g/mol. The van der Waals surface area contributed by atoms with Crippen molar-refractivity contribution in [2.45, 2.75) is 45.1 Å². The van der Waals surface area contributed by atoms with E-state index in [9.17, 15) is 4.79 Å². The first-order valence-corrected chi connectivity index (χ1v) is 10.3. The molecule has 0 spiro atoms. The van der Waals surface area contributed by atoms with Crippen LogP contribution in [0.15, 0.2) is 60.8 Å². The van der Waals surface area contributed by atoms with E-state index in [-0.39, 0.29) is 5.91 Å². The summed E-state index contributed by atoms with van der Waals surface area (Å²) in [6.45, 7) is 2.05. The molecule has 5 heteroatoms. The molecule has 2 aromatic carbocycles. The Balaban J connectivity index is 1.48. The van der Waals surface area contributed by atoms with Crippen molar-refractivity contribution < 1.29 is 4.79 Å². The minimum atomic E-state index is -0.0105. The third-order valence-electron chi connectivity index (χ3n) is 5.27. The Morgan fingerprint density at radius 3 is 2.66 bits per heavy atom. The fourth-order valence-electron chi connectivity index (χ4n) is 3.75. The quantitative estimate of drug-likeness (QED) is 0.628. The van der Waals surface area contributed by atoms with E-state index in [2.05, 4.69) is 39.7 Å². The molecule has 0 bridgehead atoms. The number of anilines is 2. The van der Waals surface area contributed by atoms with Crippen LogP contribution < -0.4 is 10.6 Å². The summed E-state index contributed by atoms with van der Waals surface area (Å²) in [5, 5.41) is 6.47. The molecule has 0 saturated heterocycles. The first kappa shape index (κ1) is 19.1. The molecule has 1 amide bonds. The lowest BCUT2D eigenvalue weighted by atomic mass is 9.95. The molecule has 0 aliphatic heterocycles. The topological polar surface area (TPSA) is 66.9 Å². The largest absolute Gasteiger partial charge is 0.349 e. The number of carbonyl (C=O) groups is 1. The SMILES string of the molecule is Cc1cccc(-c2nccc(Nc3cccc(C(=O)NC4CCCCC4)c3)n2)c1. The van der Waals surface area contributed by atoms with Gasteiger partial charge in [-0.25, -0.2) is 9.97 Å². The van der Waals surface area contributed by atoms with E-state index in [1.807, 2.05) is 42.5 Å². The number of aryl methyl sites for hydroxylation is 1. The highest BCUT2D eigenvalue weighted by molar-refractivity contribution is 5.95. The van der Waals surface area contributed by atoms with E-state index in [4.69, 9.17) is 0 Å². The van der Waals surface area contributed by atoms with Crippen molar-refractivity contribution in [1.82, 2.24) is 15.3 Å². The normalized spacial score (nSPS) is 14.4. The van der Waals surface area contributed by atoms with Crippen LogP contribution in [0.1, 0.15) is 48.0 Å². The summed E-state index contributed by atoms with van der Waals surface area (Å²) in [6.07, 6.45) is 7.56. The van der Waals surface area contributed by atoms with Gasteiger partial charge in [-0.15, -0.1) is 0 Å². The Bertz CT molecular complexity index is 995. The molecule has 1 aromatic heterocycles. The van der Waals surface area contributed by atoms with Gasteiger partial charge in [0.15, 0.2) is 5.82 Å². The van der Waals surface area contributed by atoms with Crippen molar-refractivity contribution >= 4 is 17.4 Å². The third-order valence-corrected chi connectivity index (χ3v) is 5.27. The minimum absolute atomic E-state index is 0.0105. The fourth-order valence-corrected chi connectivity index (χ4v) is 3.75. The van der Waals surface area contributed by atoms with Gasteiger partial charge in [0.2, 0.25) is 0 Å². The number of nitrogens with zero attached hydrogens (tertiary/aromatic N) is 2. The second kappa shape index (κ2) is 8.86. The lowest BCUT2D eigenvalue weighted by molar-refractivity contribution is 0.0928. The number of amides is 1. The molecular formula is C24H26N4O. The van der Waals surface area contributed by atoms with Gasteiger partial charge >= 0.3 is 0 Å². The van der Waals surface area contributed by atoms with Crippen LogP contribution in [0.2, 0.25) is 0 Å². The molecule has 0 atom stereocenters. The van der Waals surface area contributed by atoms with Gasteiger partial charge in [-0.1, -0.05) is 49.1 Å². The lowest BCUT2D eigenvalue weighted by Gasteiger charge is -2.22. The molecule has 1 saturated carbocycles. The highest BCUT2D eigenvalue weighted by atomic mass is 16.1. The summed E-state index contributed by atoms with van der Waals surface area (Å²) >= 11 is 0. The second-order valence-electron chi connectivity index (χ2n) is 7.65. The molecule has 1 aliphatic rings. The summed E-state index contributed by atoms with van der Waals surface area (Å²) in [5.74, 6) is 1.36. The summed E-state index contributed by atoms with van der Waals surface area (Å²) in [4.78, 5) is 21.6. The Morgan fingerprint density at radius 1 is 1.00 bits per heavy atom. The van der Waals surface area contributed by atoms with Crippen LogP contribution >= 0.6 is 0 Å². The highest BCUT2D eigenvalue weighted by Gasteiger charge is 2.16. The minimum Gasteiger partial charge on any atom is -0.349 e. The zero-order valence-corrected chi connectivity index (χ0v) is 16.7. The Hall–Kier alpha value is -3.21. The van der Waals surface area contributed by atoms with Crippen LogP contribution in [0.5, 0.6) is 0 Å². The third kappa shape index (κ3) is 4.99. The fraction of sp³-hybridized carbons (Fsp3) is 0.292. The zero-order chi connectivity index (χ0) is 20.1. The Kier molecular flexibility index (Phi) is 5.84. The molecule has 1 heterocycles. The number of benzene rings is 2. The van der Waals surface area contributed by atoms with Gasteiger partial charge in [0.25, 0.3) is 5.91 Å². The summed E-state index contributed by atoms with van der Waals surface area (Å²) in [5.41, 5.74) is 3.64.